The van der Waals surface area contributed by atoms with E-state index in [0.29, 0.717) is 6.54 Å². The molecule has 2 aliphatic heterocycles. The van der Waals surface area contributed by atoms with E-state index in [2.05, 4.69) is 20.9 Å². The van der Waals surface area contributed by atoms with Crippen molar-refractivity contribution in [2.75, 3.05) is 13.1 Å². The third-order valence-corrected chi connectivity index (χ3v) is 6.44. The first-order chi connectivity index (χ1) is 13.2. The number of fused-ring (bicyclic) bond motifs is 3. The fraction of sp³-hybridized carbons (Fsp3) is 0.286. The molecule has 27 heavy (non-hydrogen) atoms. The van der Waals surface area contributed by atoms with Gasteiger partial charge in [0.1, 0.15) is 11.5 Å². The molecule has 2 atom stereocenters. The lowest BCUT2D eigenvalue weighted by molar-refractivity contribution is 0.0559. The SMILES string of the molecule is O=C1c2cccn2[C@H]2CN(Cc3ccc(F)cc3)C[C@@H]2N1Cc1cccs1. The summed E-state index contributed by atoms with van der Waals surface area (Å²) < 4.78 is 15.3. The predicted octanol–water partition coefficient (Wildman–Crippen LogP) is 3.77. The molecule has 0 spiro atoms. The summed E-state index contributed by atoms with van der Waals surface area (Å²) in [5, 5.41) is 2.05. The first-order valence-corrected chi connectivity index (χ1v) is 10.0. The Morgan fingerprint density at radius 2 is 1.81 bits per heavy atom. The number of rotatable bonds is 4. The highest BCUT2D eigenvalue weighted by Crippen LogP contribution is 2.35. The second kappa shape index (κ2) is 6.62. The Bertz CT molecular complexity index is 950. The highest BCUT2D eigenvalue weighted by molar-refractivity contribution is 7.09. The molecule has 0 unspecified atom stereocenters. The molecule has 3 aromatic rings. The van der Waals surface area contributed by atoms with Crippen LogP contribution in [-0.2, 0) is 13.1 Å². The lowest BCUT2D eigenvalue weighted by Crippen LogP contribution is -2.49. The normalized spacial score (nSPS) is 22.1. The van der Waals surface area contributed by atoms with E-state index in [0.717, 1.165) is 30.9 Å². The fourth-order valence-electron chi connectivity index (χ4n) is 4.33. The highest BCUT2D eigenvalue weighted by atomic mass is 32.1. The lowest BCUT2D eigenvalue weighted by atomic mass is 10.1. The number of carbonyl (C=O) groups excluding carboxylic acids is 1. The number of aromatic nitrogens is 1. The summed E-state index contributed by atoms with van der Waals surface area (Å²) in [5.41, 5.74) is 1.87. The largest absolute Gasteiger partial charge is 0.337 e. The molecule has 1 saturated heterocycles. The van der Waals surface area contributed by atoms with Crippen LogP contribution in [0.3, 0.4) is 0 Å². The summed E-state index contributed by atoms with van der Waals surface area (Å²) in [6.45, 7) is 3.15. The Kier molecular flexibility index (Phi) is 4.10. The maximum absolute atomic E-state index is 13.2. The van der Waals surface area contributed by atoms with E-state index in [1.807, 2.05) is 41.4 Å². The molecule has 0 radical (unpaired) electrons. The number of nitrogens with zero attached hydrogens (tertiary/aromatic N) is 3. The van der Waals surface area contributed by atoms with Crippen LogP contribution < -0.4 is 0 Å². The standard InChI is InChI=1S/C21H20FN3OS/c22-16-7-5-15(6-8-16)11-23-13-19-20(14-23)25(12-17-3-2-10-27-17)21(26)18-4-1-9-24(18)19/h1-10,19-20H,11-14H2/t19-,20-/m0/s1. The maximum atomic E-state index is 13.2. The second-order valence-electron chi connectivity index (χ2n) is 7.27. The van der Waals surface area contributed by atoms with Crippen molar-refractivity contribution in [1.82, 2.24) is 14.4 Å². The minimum atomic E-state index is -0.210. The maximum Gasteiger partial charge on any atom is 0.271 e. The van der Waals surface area contributed by atoms with Gasteiger partial charge in [0.25, 0.3) is 5.91 Å². The topological polar surface area (TPSA) is 28.5 Å². The smallest absolute Gasteiger partial charge is 0.271 e. The molecule has 1 aromatic carbocycles. The van der Waals surface area contributed by atoms with Crippen molar-refractivity contribution in [2.45, 2.75) is 25.2 Å². The van der Waals surface area contributed by atoms with Crippen LogP contribution in [-0.4, -0.2) is 39.4 Å². The Hall–Kier alpha value is -2.44. The second-order valence-corrected chi connectivity index (χ2v) is 8.30. The van der Waals surface area contributed by atoms with Crippen LogP contribution >= 0.6 is 11.3 Å². The average Bonchev–Trinajstić information content (AvgIpc) is 3.40. The third kappa shape index (κ3) is 2.99. The zero-order chi connectivity index (χ0) is 18.4. The fourth-order valence-corrected chi connectivity index (χ4v) is 5.03. The Morgan fingerprint density at radius 1 is 1.00 bits per heavy atom. The van der Waals surface area contributed by atoms with Crippen molar-refractivity contribution >= 4 is 17.2 Å². The monoisotopic (exact) mass is 381 g/mol. The number of likely N-dealkylation sites (tertiary alicyclic amines) is 1. The van der Waals surface area contributed by atoms with Gasteiger partial charge in [0, 0.05) is 30.7 Å². The van der Waals surface area contributed by atoms with Gasteiger partial charge in [0.15, 0.2) is 0 Å². The number of hydrogen-bond acceptors (Lipinski definition) is 3. The van der Waals surface area contributed by atoms with Crippen LogP contribution in [0.1, 0.15) is 27.0 Å². The van der Waals surface area contributed by atoms with Crippen molar-refractivity contribution in [3.63, 3.8) is 0 Å². The molecule has 138 valence electrons. The molecule has 2 aliphatic rings. The van der Waals surface area contributed by atoms with E-state index in [4.69, 9.17) is 0 Å². The Labute approximate surface area is 161 Å². The van der Waals surface area contributed by atoms with E-state index in [-0.39, 0.29) is 23.8 Å². The molecule has 0 N–H and O–H groups in total. The van der Waals surface area contributed by atoms with Gasteiger partial charge < -0.3 is 9.47 Å². The molecule has 0 saturated carbocycles. The van der Waals surface area contributed by atoms with Gasteiger partial charge in [-0.1, -0.05) is 18.2 Å². The van der Waals surface area contributed by atoms with E-state index < -0.39 is 0 Å². The zero-order valence-corrected chi connectivity index (χ0v) is 15.6. The summed E-state index contributed by atoms with van der Waals surface area (Å²) in [7, 11) is 0. The molecule has 1 amide bonds. The van der Waals surface area contributed by atoms with Crippen LogP contribution in [0, 0.1) is 5.82 Å². The van der Waals surface area contributed by atoms with Gasteiger partial charge in [-0.15, -0.1) is 11.3 Å². The average molecular weight is 381 g/mol. The molecule has 1 fully saturated rings. The minimum absolute atomic E-state index is 0.110. The lowest BCUT2D eigenvalue weighted by Gasteiger charge is -2.38. The van der Waals surface area contributed by atoms with Gasteiger partial charge in [-0.25, -0.2) is 4.39 Å². The van der Waals surface area contributed by atoms with Crippen molar-refractivity contribution in [2.24, 2.45) is 0 Å². The molecule has 4 heterocycles. The molecule has 0 aliphatic carbocycles. The van der Waals surface area contributed by atoms with Gasteiger partial charge in [-0.05, 0) is 41.3 Å². The minimum Gasteiger partial charge on any atom is -0.337 e. The molecule has 6 heteroatoms. The van der Waals surface area contributed by atoms with Crippen LogP contribution in [0.25, 0.3) is 0 Å². The predicted molar refractivity (Wildman–Crippen MR) is 103 cm³/mol. The molecular weight excluding hydrogens is 361 g/mol. The number of halogens is 1. The Balaban J connectivity index is 1.42. The third-order valence-electron chi connectivity index (χ3n) is 5.58. The van der Waals surface area contributed by atoms with Crippen molar-refractivity contribution in [3.05, 3.63) is 82.1 Å². The summed E-state index contributed by atoms with van der Waals surface area (Å²) in [6.07, 6.45) is 2.02. The first-order valence-electron chi connectivity index (χ1n) is 9.16. The molecule has 4 nitrogen and oxygen atoms in total. The van der Waals surface area contributed by atoms with Crippen LogP contribution in [0.2, 0.25) is 0 Å². The van der Waals surface area contributed by atoms with Gasteiger partial charge >= 0.3 is 0 Å². The molecule has 0 bridgehead atoms. The summed E-state index contributed by atoms with van der Waals surface area (Å²) in [6, 6.07) is 15.1. The van der Waals surface area contributed by atoms with E-state index in [1.54, 1.807) is 11.3 Å². The van der Waals surface area contributed by atoms with E-state index in [1.165, 1.54) is 17.0 Å². The highest BCUT2D eigenvalue weighted by Gasteiger charge is 2.44. The number of hydrogen-bond donors (Lipinski definition) is 0. The number of benzene rings is 1. The van der Waals surface area contributed by atoms with Crippen LogP contribution in [0.4, 0.5) is 4.39 Å². The van der Waals surface area contributed by atoms with Gasteiger partial charge in [-0.2, -0.15) is 0 Å². The zero-order valence-electron chi connectivity index (χ0n) is 14.8. The van der Waals surface area contributed by atoms with Crippen LogP contribution in [0.15, 0.2) is 60.1 Å². The Morgan fingerprint density at radius 3 is 2.59 bits per heavy atom. The van der Waals surface area contributed by atoms with Gasteiger partial charge in [0.05, 0.1) is 18.6 Å². The number of thiophene rings is 1. The van der Waals surface area contributed by atoms with Crippen LogP contribution in [0.5, 0.6) is 0 Å². The summed E-state index contributed by atoms with van der Waals surface area (Å²) in [5.74, 6) is -0.100. The summed E-state index contributed by atoms with van der Waals surface area (Å²) in [4.78, 5) is 18.7. The van der Waals surface area contributed by atoms with E-state index in [9.17, 15) is 9.18 Å². The van der Waals surface area contributed by atoms with Crippen molar-refractivity contribution in [3.8, 4) is 0 Å². The number of carbonyl (C=O) groups is 1. The molecular formula is C21H20FN3OS. The molecule has 5 rings (SSSR count). The van der Waals surface area contributed by atoms with E-state index >= 15 is 0 Å². The molecule has 2 aromatic heterocycles. The van der Waals surface area contributed by atoms with Gasteiger partial charge in [-0.3, -0.25) is 9.69 Å². The van der Waals surface area contributed by atoms with Crippen molar-refractivity contribution in [1.29, 1.82) is 0 Å². The summed E-state index contributed by atoms with van der Waals surface area (Å²) >= 11 is 1.69. The first kappa shape index (κ1) is 16.7. The van der Waals surface area contributed by atoms with Crippen molar-refractivity contribution < 1.29 is 9.18 Å². The number of amides is 1. The quantitative estimate of drug-likeness (QED) is 0.688. The van der Waals surface area contributed by atoms with Gasteiger partial charge in [0.2, 0.25) is 0 Å².